The molecule has 0 unspecified atom stereocenters. The molecule has 138 valence electrons. The average Bonchev–Trinajstić information content (AvgIpc) is 2.81. The molecule has 3 rings (SSSR count). The zero-order valence-electron chi connectivity index (χ0n) is 15.9. The van der Waals surface area contributed by atoms with Crippen molar-refractivity contribution in [1.29, 1.82) is 5.26 Å². The lowest BCUT2D eigenvalue weighted by molar-refractivity contribution is 0.0168. The number of fused-ring (bicyclic) bond motifs is 2. The summed E-state index contributed by atoms with van der Waals surface area (Å²) >= 11 is 6.40. The van der Waals surface area contributed by atoms with Gasteiger partial charge in [-0.3, -0.25) is 0 Å². The minimum absolute atomic E-state index is 0.0477. The van der Waals surface area contributed by atoms with Crippen LogP contribution >= 0.6 is 11.6 Å². The summed E-state index contributed by atoms with van der Waals surface area (Å²) in [6.07, 6.45) is 3.93. The van der Waals surface area contributed by atoms with Gasteiger partial charge in [0.25, 0.3) is 0 Å². The van der Waals surface area contributed by atoms with Crippen molar-refractivity contribution in [3.8, 4) is 6.07 Å². The van der Waals surface area contributed by atoms with Gasteiger partial charge < -0.3 is 9.64 Å². The van der Waals surface area contributed by atoms with Crippen LogP contribution in [-0.2, 0) is 10.2 Å². The SMILES string of the molecule is Cc1cc2c(cc1Cl)C1(CCN(C(=O)OC(C)(C)C)CC1)C/C2=C\C#N. The quantitative estimate of drug-likeness (QED) is 0.586. The topological polar surface area (TPSA) is 53.3 Å². The molecule has 0 saturated carbocycles. The molecule has 26 heavy (non-hydrogen) atoms. The van der Waals surface area contributed by atoms with Gasteiger partial charge in [0.15, 0.2) is 0 Å². The highest BCUT2D eigenvalue weighted by Gasteiger charge is 2.44. The van der Waals surface area contributed by atoms with Crippen molar-refractivity contribution < 1.29 is 9.53 Å². The normalized spacial score (nSPS) is 20.2. The average molecular weight is 373 g/mol. The number of likely N-dealkylation sites (tertiary alicyclic amines) is 1. The van der Waals surface area contributed by atoms with Crippen LogP contribution in [0.2, 0.25) is 5.02 Å². The molecule has 0 radical (unpaired) electrons. The number of allylic oxidation sites excluding steroid dienone is 2. The number of nitrogens with zero attached hydrogens (tertiary/aromatic N) is 2. The number of nitriles is 1. The van der Waals surface area contributed by atoms with Gasteiger partial charge in [-0.05, 0) is 81.4 Å². The Labute approximate surface area is 160 Å². The molecule has 1 heterocycles. The van der Waals surface area contributed by atoms with Crippen LogP contribution in [0.15, 0.2) is 18.2 Å². The van der Waals surface area contributed by atoms with Crippen molar-refractivity contribution in [2.45, 2.75) is 58.0 Å². The Hall–Kier alpha value is -1.99. The van der Waals surface area contributed by atoms with Gasteiger partial charge in [-0.25, -0.2) is 4.79 Å². The summed E-state index contributed by atoms with van der Waals surface area (Å²) < 4.78 is 5.50. The molecular formula is C21H25ClN2O2. The van der Waals surface area contributed by atoms with Crippen LogP contribution in [-0.4, -0.2) is 29.7 Å². The first-order chi connectivity index (χ1) is 12.1. The number of ether oxygens (including phenoxy) is 1. The van der Waals surface area contributed by atoms with E-state index in [0.717, 1.165) is 41.0 Å². The Morgan fingerprint density at radius 2 is 2.00 bits per heavy atom. The van der Waals surface area contributed by atoms with Crippen molar-refractivity contribution in [3.63, 3.8) is 0 Å². The first-order valence-electron chi connectivity index (χ1n) is 9.03. The summed E-state index contributed by atoms with van der Waals surface area (Å²) in [6.45, 7) is 8.94. The van der Waals surface area contributed by atoms with E-state index in [9.17, 15) is 4.79 Å². The third-order valence-corrected chi connectivity index (χ3v) is 5.76. The predicted octanol–water partition coefficient (Wildman–Crippen LogP) is 5.23. The lowest BCUT2D eigenvalue weighted by Crippen LogP contribution is -2.46. The van der Waals surface area contributed by atoms with E-state index in [1.54, 1.807) is 11.0 Å². The van der Waals surface area contributed by atoms with E-state index in [-0.39, 0.29) is 11.5 Å². The maximum absolute atomic E-state index is 12.4. The van der Waals surface area contributed by atoms with E-state index in [2.05, 4.69) is 18.2 Å². The minimum atomic E-state index is -0.486. The molecule has 2 aliphatic rings. The molecule has 5 heteroatoms. The number of halogens is 1. The van der Waals surface area contributed by atoms with E-state index in [1.165, 1.54) is 5.56 Å². The molecule has 1 aliphatic heterocycles. The zero-order chi connectivity index (χ0) is 19.1. The second-order valence-electron chi connectivity index (χ2n) is 8.37. The number of hydrogen-bond acceptors (Lipinski definition) is 3. The molecule has 1 aromatic carbocycles. The first-order valence-corrected chi connectivity index (χ1v) is 9.41. The van der Waals surface area contributed by atoms with Gasteiger partial charge in [-0.1, -0.05) is 11.6 Å². The van der Waals surface area contributed by atoms with Crippen LogP contribution in [0.4, 0.5) is 4.79 Å². The molecule has 1 spiro atoms. The summed E-state index contributed by atoms with van der Waals surface area (Å²) in [7, 11) is 0. The Morgan fingerprint density at radius 3 is 2.58 bits per heavy atom. The number of amides is 1. The number of aryl methyl sites for hydroxylation is 1. The lowest BCUT2D eigenvalue weighted by atomic mass is 9.73. The summed E-state index contributed by atoms with van der Waals surface area (Å²) in [6, 6.07) is 6.34. The van der Waals surface area contributed by atoms with Gasteiger partial charge in [0, 0.05) is 29.6 Å². The van der Waals surface area contributed by atoms with Gasteiger partial charge in [-0.15, -0.1) is 0 Å². The smallest absolute Gasteiger partial charge is 0.410 e. The van der Waals surface area contributed by atoms with E-state index in [4.69, 9.17) is 21.6 Å². The molecule has 1 saturated heterocycles. The van der Waals surface area contributed by atoms with Crippen LogP contribution in [0.3, 0.4) is 0 Å². The predicted molar refractivity (Wildman–Crippen MR) is 103 cm³/mol. The maximum atomic E-state index is 12.4. The molecule has 4 nitrogen and oxygen atoms in total. The standard InChI is InChI=1S/C21H25ClN2O2/c1-14-11-16-15(5-8-23)13-21(17(16)12-18(14)22)6-9-24(10-7-21)19(25)26-20(2,3)4/h5,11-12H,6-7,9-10,13H2,1-4H3/b15-5+. The van der Waals surface area contributed by atoms with Crippen LogP contribution in [0.25, 0.3) is 5.57 Å². The fraction of sp³-hybridized carbons (Fsp3) is 0.524. The highest BCUT2D eigenvalue weighted by atomic mass is 35.5. The van der Waals surface area contributed by atoms with Crippen molar-refractivity contribution in [1.82, 2.24) is 4.90 Å². The monoisotopic (exact) mass is 372 g/mol. The Balaban J connectivity index is 1.86. The summed E-state index contributed by atoms with van der Waals surface area (Å²) in [5, 5.41) is 9.92. The number of piperidine rings is 1. The van der Waals surface area contributed by atoms with Crippen LogP contribution in [0, 0.1) is 18.3 Å². The zero-order valence-corrected chi connectivity index (χ0v) is 16.6. The number of carbonyl (C=O) groups is 1. The largest absolute Gasteiger partial charge is 0.444 e. The highest BCUT2D eigenvalue weighted by molar-refractivity contribution is 6.31. The Morgan fingerprint density at radius 1 is 1.35 bits per heavy atom. The third-order valence-electron chi connectivity index (χ3n) is 5.36. The molecule has 1 aromatic rings. The molecular weight excluding hydrogens is 348 g/mol. The Bertz CT molecular complexity index is 807. The second-order valence-corrected chi connectivity index (χ2v) is 8.78. The lowest BCUT2D eigenvalue weighted by Gasteiger charge is -2.40. The van der Waals surface area contributed by atoms with Crippen LogP contribution in [0.1, 0.15) is 56.7 Å². The van der Waals surface area contributed by atoms with Crippen LogP contribution in [0.5, 0.6) is 0 Å². The first kappa shape index (κ1) is 18.8. The van der Waals surface area contributed by atoms with E-state index >= 15 is 0 Å². The van der Waals surface area contributed by atoms with Gasteiger partial charge in [0.05, 0.1) is 6.07 Å². The molecule has 0 atom stereocenters. The fourth-order valence-electron chi connectivity index (χ4n) is 4.04. The van der Waals surface area contributed by atoms with Crippen molar-refractivity contribution in [2.24, 2.45) is 0 Å². The van der Waals surface area contributed by atoms with E-state index < -0.39 is 5.60 Å². The number of rotatable bonds is 0. The minimum Gasteiger partial charge on any atom is -0.444 e. The number of carbonyl (C=O) groups excluding carboxylic acids is 1. The summed E-state index contributed by atoms with van der Waals surface area (Å²) in [4.78, 5) is 14.1. The van der Waals surface area contributed by atoms with Gasteiger partial charge in [0.2, 0.25) is 0 Å². The maximum Gasteiger partial charge on any atom is 0.410 e. The fourth-order valence-corrected chi connectivity index (χ4v) is 4.20. The molecule has 0 bridgehead atoms. The van der Waals surface area contributed by atoms with Crippen molar-refractivity contribution in [3.05, 3.63) is 39.9 Å². The van der Waals surface area contributed by atoms with Gasteiger partial charge in [-0.2, -0.15) is 5.26 Å². The van der Waals surface area contributed by atoms with Crippen molar-refractivity contribution >= 4 is 23.3 Å². The van der Waals surface area contributed by atoms with Crippen LogP contribution < -0.4 is 0 Å². The van der Waals surface area contributed by atoms with E-state index in [1.807, 2.05) is 27.7 Å². The molecule has 0 aromatic heterocycles. The van der Waals surface area contributed by atoms with E-state index in [0.29, 0.717) is 13.1 Å². The third kappa shape index (κ3) is 3.46. The number of benzene rings is 1. The molecule has 1 amide bonds. The molecule has 1 fully saturated rings. The summed E-state index contributed by atoms with van der Waals surface area (Å²) in [5.41, 5.74) is 3.93. The molecule has 0 N–H and O–H groups in total. The number of hydrogen-bond donors (Lipinski definition) is 0. The summed E-state index contributed by atoms with van der Waals surface area (Å²) in [5.74, 6) is 0. The Kier molecular flexibility index (Phi) is 4.79. The van der Waals surface area contributed by atoms with Crippen molar-refractivity contribution in [2.75, 3.05) is 13.1 Å². The highest BCUT2D eigenvalue weighted by Crippen LogP contribution is 2.52. The van der Waals surface area contributed by atoms with Gasteiger partial charge >= 0.3 is 6.09 Å². The molecule has 1 aliphatic carbocycles. The van der Waals surface area contributed by atoms with Gasteiger partial charge in [0.1, 0.15) is 5.60 Å². The second kappa shape index (κ2) is 6.63.